The Morgan fingerprint density at radius 1 is 0.905 bits per heavy atom. The molecule has 4 heterocycles. The van der Waals surface area contributed by atoms with Gasteiger partial charge in [-0.3, -0.25) is 39.0 Å². The molecule has 3 aromatic rings. The molecule has 1 aromatic heterocycles. The molecule has 336 valence electrons. The van der Waals surface area contributed by atoms with Crippen molar-refractivity contribution in [3.05, 3.63) is 58.7 Å². The van der Waals surface area contributed by atoms with E-state index in [-0.39, 0.29) is 60.1 Å². The second-order valence-electron chi connectivity index (χ2n) is 17.2. The van der Waals surface area contributed by atoms with Crippen LogP contribution in [0.4, 0.5) is 23.0 Å². The maximum absolute atomic E-state index is 13.3. The maximum atomic E-state index is 13.3. The summed E-state index contributed by atoms with van der Waals surface area (Å²) >= 11 is 7.99. The third kappa shape index (κ3) is 10.6. The molecule has 16 nitrogen and oxygen atoms in total. The molecule has 1 spiro atoms. The number of imide groups is 2. The first kappa shape index (κ1) is 45.8. The van der Waals surface area contributed by atoms with Crippen molar-refractivity contribution in [3.8, 4) is 0 Å². The Hall–Kier alpha value is -5.26. The molecule has 63 heavy (non-hydrogen) atoms. The second kappa shape index (κ2) is 20.5. The number of fused-ring (bicyclic) bond motifs is 1. The third-order valence-corrected chi connectivity index (χ3v) is 14.6. The van der Waals surface area contributed by atoms with Crippen molar-refractivity contribution < 1.29 is 28.8 Å². The lowest BCUT2D eigenvalue weighted by atomic mass is 9.73. The Morgan fingerprint density at radius 3 is 2.32 bits per heavy atom. The molecule has 1 aliphatic carbocycles. The molecule has 18 heteroatoms. The van der Waals surface area contributed by atoms with Crippen LogP contribution in [0.1, 0.15) is 118 Å². The van der Waals surface area contributed by atoms with Crippen LogP contribution in [0.15, 0.2) is 52.5 Å². The van der Waals surface area contributed by atoms with Gasteiger partial charge in [-0.25, -0.2) is 9.97 Å². The van der Waals surface area contributed by atoms with E-state index >= 15 is 0 Å². The van der Waals surface area contributed by atoms with Crippen LogP contribution in [0.3, 0.4) is 0 Å². The minimum atomic E-state index is -1.00. The predicted molar refractivity (Wildman–Crippen MR) is 242 cm³/mol. The van der Waals surface area contributed by atoms with Gasteiger partial charge < -0.3 is 32.3 Å². The lowest BCUT2D eigenvalue weighted by molar-refractivity contribution is -0.136. The molecular formula is C45H57ClN10O6S. The molecule has 8 N–H and O–H groups in total. The Morgan fingerprint density at radius 2 is 1.60 bits per heavy atom. The molecule has 1 saturated carbocycles. The lowest BCUT2D eigenvalue weighted by Crippen LogP contribution is -2.54. The SMILES string of the molecule is C[C@@H]1CCC2(CCN(c3cnc(Sc4cccc(NC(=O)CCC(=O)NCCCCCCCCNc5cccc6c5C(=O)N(C5CCC(=O)NC5=O)C6=O)c4Cl)c(N)n3)CC2)[C@@H]1N. The Bertz CT molecular complexity index is 2240. The van der Waals surface area contributed by atoms with Gasteiger partial charge in [0.1, 0.15) is 16.9 Å². The van der Waals surface area contributed by atoms with Crippen molar-refractivity contribution in [2.45, 2.75) is 119 Å². The van der Waals surface area contributed by atoms with Crippen LogP contribution in [-0.2, 0) is 19.2 Å². The number of anilines is 4. The van der Waals surface area contributed by atoms with Gasteiger partial charge in [-0.2, -0.15) is 0 Å². The normalized spacial score (nSPS) is 20.5. The number of benzene rings is 2. The zero-order valence-electron chi connectivity index (χ0n) is 35.7. The number of carbonyl (C=O) groups excluding carboxylic acids is 6. The van der Waals surface area contributed by atoms with E-state index in [0.717, 1.165) is 75.2 Å². The first-order valence-electron chi connectivity index (χ1n) is 22.1. The number of unbranched alkanes of at least 4 members (excludes halogenated alkanes) is 5. The fourth-order valence-electron chi connectivity index (χ4n) is 9.23. The number of carbonyl (C=O) groups is 6. The highest BCUT2D eigenvalue weighted by molar-refractivity contribution is 7.99. The summed E-state index contributed by atoms with van der Waals surface area (Å²) in [6, 6.07) is 9.59. The summed E-state index contributed by atoms with van der Waals surface area (Å²) in [5.74, 6) is -1.01. The smallest absolute Gasteiger partial charge is 0.264 e. The predicted octanol–water partition coefficient (Wildman–Crippen LogP) is 5.90. The minimum absolute atomic E-state index is 0.00435. The largest absolute Gasteiger partial charge is 0.384 e. The lowest BCUT2D eigenvalue weighted by Gasteiger charge is -2.43. The molecule has 3 aliphatic heterocycles. The molecular weight excluding hydrogens is 844 g/mol. The molecule has 3 atom stereocenters. The highest BCUT2D eigenvalue weighted by Gasteiger charge is 2.47. The number of nitrogens with two attached hydrogens (primary N) is 2. The van der Waals surface area contributed by atoms with Crippen molar-refractivity contribution >= 4 is 81.8 Å². The third-order valence-electron chi connectivity index (χ3n) is 13.0. The van der Waals surface area contributed by atoms with Crippen molar-refractivity contribution in [2.24, 2.45) is 17.1 Å². The van der Waals surface area contributed by atoms with E-state index in [4.69, 9.17) is 23.1 Å². The van der Waals surface area contributed by atoms with Crippen molar-refractivity contribution in [2.75, 3.05) is 47.4 Å². The van der Waals surface area contributed by atoms with Gasteiger partial charge in [0.15, 0.2) is 5.82 Å². The maximum Gasteiger partial charge on any atom is 0.264 e. The quantitative estimate of drug-likeness (QED) is 0.0646. The number of rotatable bonds is 18. The topological polar surface area (TPSA) is 235 Å². The number of nitrogen functional groups attached to an aromatic ring is 1. The zero-order valence-corrected chi connectivity index (χ0v) is 37.3. The van der Waals surface area contributed by atoms with Gasteiger partial charge in [-0.1, -0.05) is 68.1 Å². The number of nitrogens with zero attached hydrogens (tertiary/aromatic N) is 4. The van der Waals surface area contributed by atoms with E-state index < -0.39 is 29.7 Å². The molecule has 1 unspecified atom stereocenters. The van der Waals surface area contributed by atoms with E-state index in [1.54, 1.807) is 36.5 Å². The molecule has 6 amide bonds. The molecule has 3 fully saturated rings. The Balaban J connectivity index is 0.752. The van der Waals surface area contributed by atoms with Crippen molar-refractivity contribution in [3.63, 3.8) is 0 Å². The number of aromatic nitrogens is 2. The van der Waals surface area contributed by atoms with Crippen LogP contribution < -0.4 is 37.6 Å². The van der Waals surface area contributed by atoms with Crippen LogP contribution in [0, 0.1) is 11.3 Å². The molecule has 4 aliphatic rings. The van der Waals surface area contributed by atoms with Gasteiger partial charge in [0.05, 0.1) is 28.0 Å². The van der Waals surface area contributed by atoms with Crippen LogP contribution in [0.2, 0.25) is 5.02 Å². The molecule has 2 aromatic carbocycles. The average Bonchev–Trinajstić information content (AvgIpc) is 3.69. The van der Waals surface area contributed by atoms with E-state index in [0.29, 0.717) is 51.1 Å². The van der Waals surface area contributed by atoms with Crippen LogP contribution in [0.5, 0.6) is 0 Å². The average molecular weight is 902 g/mol. The van der Waals surface area contributed by atoms with Gasteiger partial charge in [-0.05, 0) is 80.5 Å². The summed E-state index contributed by atoms with van der Waals surface area (Å²) in [6.45, 7) is 5.12. The highest BCUT2D eigenvalue weighted by atomic mass is 35.5. The first-order chi connectivity index (χ1) is 30.3. The van der Waals surface area contributed by atoms with Gasteiger partial charge in [0, 0.05) is 62.1 Å². The Kier molecular flexibility index (Phi) is 14.9. The first-order valence-corrected chi connectivity index (χ1v) is 23.3. The number of halogens is 1. The van der Waals surface area contributed by atoms with Gasteiger partial charge >= 0.3 is 0 Å². The van der Waals surface area contributed by atoms with E-state index in [2.05, 4.69) is 43.1 Å². The van der Waals surface area contributed by atoms with Gasteiger partial charge in [0.25, 0.3) is 11.8 Å². The fourth-order valence-corrected chi connectivity index (χ4v) is 10.3. The number of amides is 6. The summed E-state index contributed by atoms with van der Waals surface area (Å²) in [7, 11) is 0. The monoisotopic (exact) mass is 900 g/mol. The van der Waals surface area contributed by atoms with E-state index in [1.807, 2.05) is 6.07 Å². The number of piperidine rings is 2. The van der Waals surface area contributed by atoms with Crippen LogP contribution >= 0.6 is 23.4 Å². The van der Waals surface area contributed by atoms with Gasteiger partial charge in [-0.15, -0.1) is 0 Å². The minimum Gasteiger partial charge on any atom is -0.384 e. The zero-order chi connectivity index (χ0) is 44.7. The highest BCUT2D eigenvalue weighted by Crippen LogP contribution is 2.48. The Labute approximate surface area is 376 Å². The molecule has 2 saturated heterocycles. The molecule has 7 rings (SSSR count). The molecule has 0 radical (unpaired) electrons. The van der Waals surface area contributed by atoms with E-state index in [9.17, 15) is 28.8 Å². The number of hydrogen-bond donors (Lipinski definition) is 6. The van der Waals surface area contributed by atoms with E-state index in [1.165, 1.54) is 24.6 Å². The standard InChI is InChI=1S/C45H57ClN10O6S/c1-27-18-19-45(39(27)47)20-24-55(25-21-45)33-26-51-42(40(48)53-33)63-32-13-9-12-30(38(32)46)52-35(58)17-16-34(57)50-23-7-5-3-2-4-6-22-49-29-11-8-10-28-37(29)44(62)56(43(28)61)31-14-15-36(59)54-41(31)60/h8-13,26-27,31,39,49H,2-7,14-25,47H2,1H3,(H2,48,53)(H,50,57)(H,52,58)(H,54,59,60)/t27-,31?,39-/m1/s1. The molecule has 0 bridgehead atoms. The van der Waals surface area contributed by atoms with Gasteiger partial charge in [0.2, 0.25) is 23.6 Å². The summed E-state index contributed by atoms with van der Waals surface area (Å²) in [4.78, 5) is 88.8. The number of hydrogen-bond acceptors (Lipinski definition) is 13. The van der Waals surface area contributed by atoms with Crippen molar-refractivity contribution in [1.82, 2.24) is 25.5 Å². The van der Waals surface area contributed by atoms with Crippen LogP contribution in [-0.4, -0.2) is 88.6 Å². The second-order valence-corrected chi connectivity index (χ2v) is 18.6. The van der Waals surface area contributed by atoms with Crippen LogP contribution in [0.25, 0.3) is 0 Å². The summed E-state index contributed by atoms with van der Waals surface area (Å²) < 4.78 is 0. The van der Waals surface area contributed by atoms with Crippen molar-refractivity contribution in [1.29, 1.82) is 0 Å². The summed E-state index contributed by atoms with van der Waals surface area (Å²) in [6.07, 6.45) is 12.0. The summed E-state index contributed by atoms with van der Waals surface area (Å²) in [5.41, 5.74) is 14.7. The number of nitrogens with one attached hydrogen (secondary N) is 4. The summed E-state index contributed by atoms with van der Waals surface area (Å²) in [5, 5.41) is 12.1. The fraction of sp³-hybridized carbons (Fsp3) is 0.511.